The summed E-state index contributed by atoms with van der Waals surface area (Å²) in [5.41, 5.74) is 6.28. The molecule has 2 aromatic carbocycles. The van der Waals surface area contributed by atoms with Crippen LogP contribution in [0, 0.1) is 13.8 Å². The van der Waals surface area contributed by atoms with Gasteiger partial charge in [-0.15, -0.1) is 0 Å². The second-order valence-corrected chi connectivity index (χ2v) is 8.13. The Bertz CT molecular complexity index is 1230. The van der Waals surface area contributed by atoms with Gasteiger partial charge in [0.05, 0.1) is 16.6 Å². The summed E-state index contributed by atoms with van der Waals surface area (Å²) < 4.78 is 1.92. The number of aryl methyl sites for hydroxylation is 2. The molecule has 0 saturated heterocycles. The molecule has 7 heteroatoms. The van der Waals surface area contributed by atoms with Gasteiger partial charge in [-0.2, -0.15) is 0 Å². The van der Waals surface area contributed by atoms with E-state index in [4.69, 9.17) is 21.6 Å². The standard InChI is InChI=1S/C22H24ClN5O/c1-13-9-17-18(10-14(13)2)26-22-21(25-17)16-11-15(23)5-6-19(16)28(22)20(12-29)24-7-8-27(3)4/h5-6,9-12,20,24H,7-8H2,1-4H3. The maximum atomic E-state index is 12.0. The average molecular weight is 410 g/mol. The largest absolute Gasteiger partial charge is 0.308 e. The van der Waals surface area contributed by atoms with Crippen molar-refractivity contribution in [2.75, 3.05) is 27.2 Å². The fraction of sp³-hybridized carbons (Fsp3) is 0.318. The summed E-state index contributed by atoms with van der Waals surface area (Å²) in [6.07, 6.45) is 0.365. The Hall–Kier alpha value is -2.54. The lowest BCUT2D eigenvalue weighted by Crippen LogP contribution is -2.33. The molecule has 4 rings (SSSR count). The molecule has 4 aromatic rings. The first-order chi connectivity index (χ1) is 13.9. The van der Waals surface area contributed by atoms with Crippen molar-refractivity contribution >= 4 is 51.0 Å². The van der Waals surface area contributed by atoms with E-state index in [-0.39, 0.29) is 0 Å². The van der Waals surface area contributed by atoms with Gasteiger partial charge in [0.1, 0.15) is 11.7 Å². The highest BCUT2D eigenvalue weighted by Gasteiger charge is 2.21. The molecule has 1 unspecified atom stereocenters. The van der Waals surface area contributed by atoms with E-state index >= 15 is 0 Å². The minimum Gasteiger partial charge on any atom is -0.308 e. The molecule has 0 radical (unpaired) electrons. The number of nitrogens with zero attached hydrogens (tertiary/aromatic N) is 4. The van der Waals surface area contributed by atoms with Gasteiger partial charge >= 0.3 is 0 Å². The first-order valence-electron chi connectivity index (χ1n) is 9.60. The zero-order valence-electron chi connectivity index (χ0n) is 17.0. The molecule has 0 fully saturated rings. The van der Waals surface area contributed by atoms with Crippen LogP contribution in [-0.4, -0.2) is 52.9 Å². The fourth-order valence-corrected chi connectivity index (χ4v) is 3.76. The Morgan fingerprint density at radius 1 is 1.14 bits per heavy atom. The van der Waals surface area contributed by atoms with E-state index < -0.39 is 6.17 Å². The number of fused-ring (bicyclic) bond motifs is 4. The second kappa shape index (κ2) is 7.71. The summed E-state index contributed by atoms with van der Waals surface area (Å²) in [6.45, 7) is 5.62. The third kappa shape index (κ3) is 3.59. The van der Waals surface area contributed by atoms with Crippen LogP contribution in [0.25, 0.3) is 33.1 Å². The van der Waals surface area contributed by atoms with Crippen LogP contribution in [0.1, 0.15) is 17.3 Å². The number of nitrogens with one attached hydrogen (secondary N) is 1. The van der Waals surface area contributed by atoms with Gasteiger partial charge in [-0.05, 0) is 69.4 Å². The highest BCUT2D eigenvalue weighted by molar-refractivity contribution is 6.31. The lowest BCUT2D eigenvalue weighted by molar-refractivity contribution is -0.111. The number of likely N-dealkylation sites (N-methyl/N-ethyl adjacent to an activating group) is 1. The molecule has 0 bridgehead atoms. The van der Waals surface area contributed by atoms with Crippen molar-refractivity contribution in [3.8, 4) is 0 Å². The number of aldehydes is 1. The van der Waals surface area contributed by atoms with E-state index in [0.29, 0.717) is 17.2 Å². The van der Waals surface area contributed by atoms with Crippen molar-refractivity contribution in [2.45, 2.75) is 20.0 Å². The summed E-state index contributed by atoms with van der Waals surface area (Å²) in [5, 5.41) is 4.84. The van der Waals surface area contributed by atoms with E-state index in [9.17, 15) is 4.79 Å². The molecule has 29 heavy (non-hydrogen) atoms. The van der Waals surface area contributed by atoms with Gasteiger partial charge in [0, 0.05) is 23.5 Å². The van der Waals surface area contributed by atoms with E-state index in [1.807, 2.05) is 42.9 Å². The zero-order valence-corrected chi connectivity index (χ0v) is 17.8. The Morgan fingerprint density at radius 2 is 1.83 bits per heavy atom. The zero-order chi connectivity index (χ0) is 20.7. The van der Waals surface area contributed by atoms with Gasteiger partial charge in [-0.25, -0.2) is 9.97 Å². The number of benzene rings is 2. The van der Waals surface area contributed by atoms with Crippen molar-refractivity contribution in [3.05, 3.63) is 46.5 Å². The van der Waals surface area contributed by atoms with E-state index in [1.165, 1.54) is 5.56 Å². The van der Waals surface area contributed by atoms with Crippen molar-refractivity contribution in [2.24, 2.45) is 0 Å². The maximum Gasteiger partial charge on any atom is 0.162 e. The molecule has 0 aliphatic rings. The third-order valence-corrected chi connectivity index (χ3v) is 5.52. The fourth-order valence-electron chi connectivity index (χ4n) is 3.59. The molecule has 150 valence electrons. The van der Waals surface area contributed by atoms with E-state index in [2.05, 4.69) is 30.1 Å². The number of halogens is 1. The molecular weight excluding hydrogens is 386 g/mol. The first-order valence-corrected chi connectivity index (χ1v) is 9.98. The van der Waals surface area contributed by atoms with Crippen molar-refractivity contribution in [1.29, 1.82) is 0 Å². The topological polar surface area (TPSA) is 63.1 Å². The van der Waals surface area contributed by atoms with Gasteiger partial charge in [-0.3, -0.25) is 10.1 Å². The van der Waals surface area contributed by atoms with Crippen molar-refractivity contribution in [1.82, 2.24) is 24.8 Å². The maximum absolute atomic E-state index is 12.0. The Labute approximate surface area is 174 Å². The van der Waals surface area contributed by atoms with Crippen LogP contribution in [-0.2, 0) is 4.79 Å². The Morgan fingerprint density at radius 3 is 2.48 bits per heavy atom. The summed E-state index contributed by atoms with van der Waals surface area (Å²) in [5.74, 6) is 0. The van der Waals surface area contributed by atoms with Gasteiger partial charge in [0.2, 0.25) is 0 Å². The molecule has 1 atom stereocenters. The van der Waals surface area contributed by atoms with Crippen molar-refractivity contribution < 1.29 is 4.79 Å². The quantitative estimate of drug-likeness (QED) is 0.490. The molecule has 0 amide bonds. The van der Waals surface area contributed by atoms with Crippen LogP contribution < -0.4 is 5.32 Å². The summed E-state index contributed by atoms with van der Waals surface area (Å²) in [7, 11) is 4.00. The van der Waals surface area contributed by atoms with Crippen molar-refractivity contribution in [3.63, 3.8) is 0 Å². The first kappa shape index (κ1) is 19.8. The Kier molecular flexibility index (Phi) is 5.25. The number of rotatable bonds is 6. The molecule has 2 heterocycles. The number of hydrogen-bond donors (Lipinski definition) is 1. The molecule has 0 aliphatic carbocycles. The highest BCUT2D eigenvalue weighted by Crippen LogP contribution is 2.32. The average Bonchev–Trinajstić information content (AvgIpc) is 2.97. The number of hydrogen-bond acceptors (Lipinski definition) is 5. The molecule has 2 aromatic heterocycles. The lowest BCUT2D eigenvalue weighted by Gasteiger charge is -2.18. The molecule has 0 aliphatic heterocycles. The highest BCUT2D eigenvalue weighted by atomic mass is 35.5. The lowest BCUT2D eigenvalue weighted by atomic mass is 10.1. The number of carbonyl (C=O) groups is 1. The molecule has 0 saturated carbocycles. The van der Waals surface area contributed by atoms with Crippen LogP contribution in [0.2, 0.25) is 5.02 Å². The monoisotopic (exact) mass is 409 g/mol. The minimum atomic E-state index is -0.547. The van der Waals surface area contributed by atoms with Crippen LogP contribution in [0.3, 0.4) is 0 Å². The number of carbonyl (C=O) groups excluding carboxylic acids is 1. The van der Waals surface area contributed by atoms with Gasteiger partial charge in [0.15, 0.2) is 11.9 Å². The smallest absolute Gasteiger partial charge is 0.162 e. The Balaban J connectivity index is 1.98. The predicted octanol–water partition coefficient (Wildman–Crippen LogP) is 3.86. The third-order valence-electron chi connectivity index (χ3n) is 5.28. The normalized spacial score (nSPS) is 13.0. The van der Waals surface area contributed by atoms with Gasteiger partial charge in [0.25, 0.3) is 0 Å². The van der Waals surface area contributed by atoms with Crippen LogP contribution in [0.4, 0.5) is 0 Å². The minimum absolute atomic E-state index is 0.547. The SMILES string of the molecule is Cc1cc2nc3c4cc(Cl)ccc4n(C(C=O)NCCN(C)C)c3nc2cc1C. The van der Waals surface area contributed by atoms with Crippen LogP contribution in [0.5, 0.6) is 0 Å². The summed E-state index contributed by atoms with van der Waals surface area (Å²) in [6, 6.07) is 9.74. The van der Waals surface area contributed by atoms with Crippen LogP contribution in [0.15, 0.2) is 30.3 Å². The summed E-state index contributed by atoms with van der Waals surface area (Å²) in [4.78, 5) is 23.9. The second-order valence-electron chi connectivity index (χ2n) is 7.69. The predicted molar refractivity (Wildman–Crippen MR) is 119 cm³/mol. The van der Waals surface area contributed by atoms with Gasteiger partial charge < -0.3 is 9.47 Å². The van der Waals surface area contributed by atoms with E-state index in [0.717, 1.165) is 45.8 Å². The molecular formula is C22H24ClN5O. The van der Waals surface area contributed by atoms with Gasteiger partial charge in [-0.1, -0.05) is 11.6 Å². The van der Waals surface area contributed by atoms with Crippen LogP contribution >= 0.6 is 11.6 Å². The molecule has 6 nitrogen and oxygen atoms in total. The summed E-state index contributed by atoms with van der Waals surface area (Å²) >= 11 is 6.28. The van der Waals surface area contributed by atoms with E-state index in [1.54, 1.807) is 0 Å². The molecule has 1 N–H and O–H groups in total. The molecule has 0 spiro atoms. The number of aromatic nitrogens is 3.